The number of hydrogen-bond acceptors (Lipinski definition) is 6. The fraction of sp³-hybridized carbons (Fsp3) is 0. The van der Waals surface area contributed by atoms with Crippen LogP contribution in [0.4, 0.5) is 15.8 Å². The molecule has 0 unspecified atom stereocenters. The Labute approximate surface area is 184 Å². The lowest BCUT2D eigenvalue weighted by Crippen LogP contribution is -2.27. The van der Waals surface area contributed by atoms with Crippen LogP contribution in [0.15, 0.2) is 63.9 Å². The Kier molecular flexibility index (Phi) is 5.42. The van der Waals surface area contributed by atoms with Crippen molar-refractivity contribution in [1.29, 1.82) is 0 Å². The molecule has 4 rings (SSSR count). The highest BCUT2D eigenvalue weighted by Crippen LogP contribution is 2.37. The molecular formula is C20H10ClFN2O4S2. The lowest BCUT2D eigenvalue weighted by atomic mass is 10.2. The summed E-state index contributed by atoms with van der Waals surface area (Å²) in [4.78, 5) is 24.9. The van der Waals surface area contributed by atoms with E-state index in [4.69, 9.17) is 28.2 Å². The van der Waals surface area contributed by atoms with Crippen LogP contribution in [0.3, 0.4) is 0 Å². The minimum absolute atomic E-state index is 0.0247. The van der Waals surface area contributed by atoms with Crippen LogP contribution in [0.5, 0.6) is 0 Å². The van der Waals surface area contributed by atoms with Crippen molar-refractivity contribution in [2.24, 2.45) is 0 Å². The first-order valence-electron chi connectivity index (χ1n) is 8.41. The molecule has 0 bridgehead atoms. The van der Waals surface area contributed by atoms with Gasteiger partial charge in [0.2, 0.25) is 0 Å². The van der Waals surface area contributed by atoms with Crippen molar-refractivity contribution in [3.05, 3.63) is 86.2 Å². The van der Waals surface area contributed by atoms with Crippen LogP contribution < -0.4 is 4.90 Å². The van der Waals surface area contributed by atoms with Gasteiger partial charge in [0.15, 0.2) is 4.32 Å². The molecular weight excluding hydrogens is 451 g/mol. The standard InChI is InChI=1S/C20H10ClFN2O4S2/c21-15-8-11(4-6-16(15)22)17-7-5-14(28-17)10-18-19(25)23(20(29)30-18)12-2-1-3-13(9-12)24(26)27/h1-10H/b18-10-. The molecule has 150 valence electrons. The number of anilines is 1. The zero-order valence-corrected chi connectivity index (χ0v) is 17.3. The van der Waals surface area contributed by atoms with Crippen molar-refractivity contribution in [3.63, 3.8) is 0 Å². The molecule has 2 aromatic carbocycles. The van der Waals surface area contributed by atoms with Gasteiger partial charge in [-0.1, -0.05) is 41.6 Å². The van der Waals surface area contributed by atoms with Crippen molar-refractivity contribution in [1.82, 2.24) is 0 Å². The molecule has 6 nitrogen and oxygen atoms in total. The third kappa shape index (κ3) is 3.87. The number of nitro benzene ring substituents is 1. The smallest absolute Gasteiger partial charge is 0.271 e. The Morgan fingerprint density at radius 2 is 2.00 bits per heavy atom. The lowest BCUT2D eigenvalue weighted by Gasteiger charge is -2.13. The predicted octanol–water partition coefficient (Wildman–Crippen LogP) is 6.05. The summed E-state index contributed by atoms with van der Waals surface area (Å²) in [5, 5.41) is 11.0. The number of furan rings is 1. The van der Waals surface area contributed by atoms with Gasteiger partial charge in [-0.05, 0) is 36.4 Å². The maximum Gasteiger partial charge on any atom is 0.271 e. The van der Waals surface area contributed by atoms with E-state index < -0.39 is 16.6 Å². The Morgan fingerprint density at radius 1 is 1.20 bits per heavy atom. The van der Waals surface area contributed by atoms with Gasteiger partial charge in [0.25, 0.3) is 11.6 Å². The van der Waals surface area contributed by atoms with Crippen molar-refractivity contribution in [3.8, 4) is 11.3 Å². The van der Waals surface area contributed by atoms with E-state index in [0.29, 0.717) is 27.7 Å². The number of rotatable bonds is 4. The number of carbonyl (C=O) groups is 1. The minimum atomic E-state index is -0.539. The first kappa shape index (κ1) is 20.3. The van der Waals surface area contributed by atoms with E-state index in [2.05, 4.69) is 0 Å². The second kappa shape index (κ2) is 8.02. The largest absolute Gasteiger partial charge is 0.457 e. The summed E-state index contributed by atoms with van der Waals surface area (Å²) < 4.78 is 19.3. The van der Waals surface area contributed by atoms with Gasteiger partial charge in [0.05, 0.1) is 20.5 Å². The monoisotopic (exact) mass is 460 g/mol. The average molecular weight is 461 g/mol. The number of thioether (sulfide) groups is 1. The molecule has 0 spiro atoms. The van der Waals surface area contributed by atoms with Crippen LogP contribution in [0.2, 0.25) is 5.02 Å². The van der Waals surface area contributed by atoms with E-state index >= 15 is 0 Å². The molecule has 1 amide bonds. The second-order valence-corrected chi connectivity index (χ2v) is 8.21. The molecule has 0 atom stereocenters. The lowest BCUT2D eigenvalue weighted by molar-refractivity contribution is -0.384. The van der Waals surface area contributed by atoms with E-state index in [-0.39, 0.29) is 15.0 Å². The molecule has 2 heterocycles. The van der Waals surface area contributed by atoms with E-state index in [1.807, 2.05) is 0 Å². The molecule has 10 heteroatoms. The molecule has 1 aromatic heterocycles. The predicted molar refractivity (Wildman–Crippen MR) is 118 cm³/mol. The maximum atomic E-state index is 13.3. The minimum Gasteiger partial charge on any atom is -0.457 e. The average Bonchev–Trinajstić information content (AvgIpc) is 3.29. The van der Waals surface area contributed by atoms with Crippen molar-refractivity contribution < 1.29 is 18.5 Å². The van der Waals surface area contributed by atoms with Gasteiger partial charge in [0.1, 0.15) is 17.3 Å². The zero-order valence-electron chi connectivity index (χ0n) is 14.9. The van der Waals surface area contributed by atoms with E-state index in [1.54, 1.807) is 18.2 Å². The Bertz CT molecular complexity index is 1240. The SMILES string of the molecule is O=C1/C(=C/c2ccc(-c3ccc(F)c(Cl)c3)o2)SC(=S)N1c1cccc([N+](=O)[O-])c1. The number of nitrogens with zero attached hydrogens (tertiary/aromatic N) is 2. The number of halogens is 2. The molecule has 3 aromatic rings. The summed E-state index contributed by atoms with van der Waals surface area (Å²) in [6.07, 6.45) is 1.53. The fourth-order valence-corrected chi connectivity index (χ4v) is 4.26. The molecule has 0 saturated carbocycles. The van der Waals surface area contributed by atoms with Crippen LogP contribution >= 0.6 is 35.6 Å². The summed E-state index contributed by atoms with van der Waals surface area (Å²) in [5.41, 5.74) is 0.764. The van der Waals surface area contributed by atoms with E-state index in [1.165, 1.54) is 47.4 Å². The molecule has 1 aliphatic heterocycles. The first-order chi connectivity index (χ1) is 14.3. The zero-order chi connectivity index (χ0) is 21.4. The number of hydrogen-bond donors (Lipinski definition) is 0. The van der Waals surface area contributed by atoms with Crippen molar-refractivity contribution in [2.75, 3.05) is 4.90 Å². The summed E-state index contributed by atoms with van der Waals surface area (Å²) >= 11 is 12.2. The highest BCUT2D eigenvalue weighted by atomic mass is 35.5. The third-order valence-electron chi connectivity index (χ3n) is 4.20. The molecule has 30 heavy (non-hydrogen) atoms. The number of non-ortho nitro benzene ring substituents is 1. The normalized spacial score (nSPS) is 15.3. The van der Waals surface area contributed by atoms with E-state index in [0.717, 1.165) is 11.8 Å². The van der Waals surface area contributed by atoms with Crippen molar-refractivity contribution in [2.45, 2.75) is 0 Å². The molecule has 1 saturated heterocycles. The van der Waals surface area contributed by atoms with Crippen LogP contribution in [0.25, 0.3) is 17.4 Å². The number of thiocarbonyl (C=S) groups is 1. The molecule has 0 radical (unpaired) electrons. The van der Waals surface area contributed by atoms with Gasteiger partial charge in [-0.3, -0.25) is 19.8 Å². The Hall–Kier alpha value is -3.01. The van der Waals surface area contributed by atoms with Gasteiger partial charge in [-0.25, -0.2) is 4.39 Å². The van der Waals surface area contributed by atoms with Crippen LogP contribution in [0.1, 0.15) is 5.76 Å². The topological polar surface area (TPSA) is 76.6 Å². The summed E-state index contributed by atoms with van der Waals surface area (Å²) in [6.45, 7) is 0. The number of carbonyl (C=O) groups excluding carboxylic acids is 1. The fourth-order valence-electron chi connectivity index (χ4n) is 2.80. The molecule has 0 N–H and O–H groups in total. The van der Waals surface area contributed by atoms with Gasteiger partial charge in [0, 0.05) is 23.8 Å². The van der Waals surface area contributed by atoms with Gasteiger partial charge in [-0.2, -0.15) is 0 Å². The number of amides is 1. The third-order valence-corrected chi connectivity index (χ3v) is 5.79. The van der Waals surface area contributed by atoms with Crippen LogP contribution in [0, 0.1) is 15.9 Å². The Morgan fingerprint density at radius 3 is 2.73 bits per heavy atom. The van der Waals surface area contributed by atoms with Gasteiger partial charge in [-0.15, -0.1) is 0 Å². The molecule has 1 aliphatic rings. The van der Waals surface area contributed by atoms with Gasteiger partial charge < -0.3 is 4.42 Å². The van der Waals surface area contributed by atoms with Crippen LogP contribution in [-0.4, -0.2) is 15.2 Å². The number of nitro groups is 1. The Balaban J connectivity index is 1.61. The van der Waals surface area contributed by atoms with Gasteiger partial charge >= 0.3 is 0 Å². The van der Waals surface area contributed by atoms with Crippen molar-refractivity contribution >= 4 is 63.3 Å². The molecule has 0 aliphatic carbocycles. The number of benzene rings is 2. The second-order valence-electron chi connectivity index (χ2n) is 6.12. The first-order valence-corrected chi connectivity index (χ1v) is 10.0. The van der Waals surface area contributed by atoms with Crippen LogP contribution in [-0.2, 0) is 4.79 Å². The summed E-state index contributed by atoms with van der Waals surface area (Å²) in [5.74, 6) is -0.0902. The maximum absolute atomic E-state index is 13.3. The highest BCUT2D eigenvalue weighted by Gasteiger charge is 2.34. The summed E-state index contributed by atoms with van der Waals surface area (Å²) in [7, 11) is 0. The summed E-state index contributed by atoms with van der Waals surface area (Å²) in [6, 6.07) is 13.2. The van der Waals surface area contributed by atoms with E-state index in [9.17, 15) is 19.3 Å². The quantitative estimate of drug-likeness (QED) is 0.204. The molecule has 1 fully saturated rings. The highest BCUT2D eigenvalue weighted by molar-refractivity contribution is 8.27.